The first-order chi connectivity index (χ1) is 15.2. The largest absolute Gasteiger partial charge is 0.486 e. The SMILES string of the molecule is C[C@@H](Oc1nc(-c2ccc3c(c2)OCCO3)cc2ncn(C3CC3)c12)[C@H]1CNC(=O)C1. The first-order valence-electron chi connectivity index (χ1n) is 10.9. The highest BCUT2D eigenvalue weighted by molar-refractivity contribution is 5.85. The zero-order valence-corrected chi connectivity index (χ0v) is 17.3. The molecule has 1 aliphatic carbocycles. The van der Waals surface area contributed by atoms with Gasteiger partial charge >= 0.3 is 0 Å². The van der Waals surface area contributed by atoms with Gasteiger partial charge in [0.15, 0.2) is 11.5 Å². The van der Waals surface area contributed by atoms with Crippen molar-refractivity contribution in [3.63, 3.8) is 0 Å². The Morgan fingerprint density at radius 3 is 2.81 bits per heavy atom. The Kier molecular flexibility index (Phi) is 4.26. The summed E-state index contributed by atoms with van der Waals surface area (Å²) in [6, 6.07) is 8.30. The van der Waals surface area contributed by atoms with E-state index in [9.17, 15) is 4.79 Å². The van der Waals surface area contributed by atoms with Gasteiger partial charge in [-0.25, -0.2) is 9.97 Å². The van der Waals surface area contributed by atoms with Crippen molar-refractivity contribution in [3.05, 3.63) is 30.6 Å². The molecule has 1 saturated carbocycles. The van der Waals surface area contributed by atoms with Crippen LogP contribution in [0.15, 0.2) is 30.6 Å². The number of ether oxygens (including phenoxy) is 3. The van der Waals surface area contributed by atoms with Crippen LogP contribution in [0.4, 0.5) is 0 Å². The second kappa shape index (κ2) is 7.14. The van der Waals surface area contributed by atoms with E-state index in [4.69, 9.17) is 19.2 Å². The number of pyridine rings is 1. The molecule has 1 saturated heterocycles. The van der Waals surface area contributed by atoms with Crippen LogP contribution in [-0.4, -0.2) is 46.3 Å². The third-order valence-corrected chi connectivity index (χ3v) is 6.27. The lowest BCUT2D eigenvalue weighted by Crippen LogP contribution is -2.26. The number of benzene rings is 1. The molecule has 6 rings (SSSR count). The van der Waals surface area contributed by atoms with Gasteiger partial charge in [-0.15, -0.1) is 0 Å². The van der Waals surface area contributed by atoms with Crippen molar-refractivity contribution in [3.8, 4) is 28.6 Å². The van der Waals surface area contributed by atoms with Crippen molar-refractivity contribution in [2.24, 2.45) is 5.92 Å². The molecule has 0 unspecified atom stereocenters. The van der Waals surface area contributed by atoms with E-state index in [2.05, 4.69) is 14.9 Å². The number of aromatic nitrogens is 3. The molecule has 160 valence electrons. The van der Waals surface area contributed by atoms with E-state index in [-0.39, 0.29) is 17.9 Å². The molecule has 0 bridgehead atoms. The highest BCUT2D eigenvalue weighted by atomic mass is 16.6. The Morgan fingerprint density at radius 2 is 2.03 bits per heavy atom. The fraction of sp³-hybridized carbons (Fsp3) is 0.435. The van der Waals surface area contributed by atoms with Gasteiger partial charge in [-0.2, -0.15) is 0 Å². The van der Waals surface area contributed by atoms with Crippen molar-refractivity contribution in [1.82, 2.24) is 19.9 Å². The number of carbonyl (C=O) groups is 1. The van der Waals surface area contributed by atoms with Gasteiger partial charge in [0.25, 0.3) is 0 Å². The van der Waals surface area contributed by atoms with Crippen LogP contribution in [0, 0.1) is 5.92 Å². The smallest absolute Gasteiger partial charge is 0.241 e. The number of nitrogens with one attached hydrogen (secondary N) is 1. The van der Waals surface area contributed by atoms with Gasteiger partial charge in [-0.1, -0.05) is 0 Å². The van der Waals surface area contributed by atoms with Crippen molar-refractivity contribution in [2.45, 2.75) is 38.3 Å². The molecule has 4 heterocycles. The zero-order chi connectivity index (χ0) is 20.9. The molecular formula is C23H24N4O4. The van der Waals surface area contributed by atoms with Crippen LogP contribution in [0.25, 0.3) is 22.3 Å². The lowest BCUT2D eigenvalue weighted by Gasteiger charge is -2.21. The molecule has 0 radical (unpaired) electrons. The number of carbonyl (C=O) groups excluding carboxylic acids is 1. The molecule has 2 aromatic heterocycles. The zero-order valence-electron chi connectivity index (χ0n) is 17.3. The number of amides is 1. The molecule has 3 aromatic rings. The van der Waals surface area contributed by atoms with E-state index in [1.807, 2.05) is 37.5 Å². The van der Waals surface area contributed by atoms with Gasteiger partial charge < -0.3 is 24.1 Å². The summed E-state index contributed by atoms with van der Waals surface area (Å²) in [6.07, 6.45) is 4.51. The van der Waals surface area contributed by atoms with Crippen LogP contribution in [0.5, 0.6) is 17.4 Å². The second-order valence-electron chi connectivity index (χ2n) is 8.51. The average molecular weight is 420 g/mol. The third kappa shape index (κ3) is 3.36. The summed E-state index contributed by atoms with van der Waals surface area (Å²) in [4.78, 5) is 21.2. The summed E-state index contributed by atoms with van der Waals surface area (Å²) in [6.45, 7) is 3.73. The summed E-state index contributed by atoms with van der Waals surface area (Å²) in [5, 5.41) is 2.89. The molecule has 1 aromatic carbocycles. The maximum absolute atomic E-state index is 11.7. The van der Waals surface area contributed by atoms with Crippen LogP contribution in [-0.2, 0) is 4.79 Å². The van der Waals surface area contributed by atoms with Crippen molar-refractivity contribution >= 4 is 16.9 Å². The Balaban J connectivity index is 1.41. The first kappa shape index (κ1) is 18.5. The molecule has 2 atom stereocenters. The minimum atomic E-state index is -0.146. The predicted octanol–water partition coefficient (Wildman–Crippen LogP) is 3.11. The second-order valence-corrected chi connectivity index (χ2v) is 8.51. The quantitative estimate of drug-likeness (QED) is 0.683. The van der Waals surface area contributed by atoms with E-state index < -0.39 is 0 Å². The number of nitrogens with zero attached hydrogens (tertiary/aromatic N) is 3. The lowest BCUT2D eigenvalue weighted by molar-refractivity contribution is -0.119. The number of rotatable bonds is 5. The number of hydrogen-bond acceptors (Lipinski definition) is 6. The van der Waals surface area contributed by atoms with Gasteiger partial charge in [-0.3, -0.25) is 4.79 Å². The van der Waals surface area contributed by atoms with Gasteiger partial charge in [-0.05, 0) is 44.0 Å². The Morgan fingerprint density at radius 1 is 1.19 bits per heavy atom. The topological polar surface area (TPSA) is 87.5 Å². The van der Waals surface area contributed by atoms with E-state index in [1.54, 1.807) is 0 Å². The molecule has 1 N–H and O–H groups in total. The fourth-order valence-electron chi connectivity index (χ4n) is 4.32. The van der Waals surface area contributed by atoms with E-state index in [1.165, 1.54) is 0 Å². The van der Waals surface area contributed by atoms with Crippen LogP contribution in [0.3, 0.4) is 0 Å². The average Bonchev–Trinajstić information content (AvgIpc) is 3.39. The van der Waals surface area contributed by atoms with Crippen LogP contribution in [0.1, 0.15) is 32.2 Å². The Labute approximate surface area is 179 Å². The molecular weight excluding hydrogens is 396 g/mol. The van der Waals surface area contributed by atoms with Crippen molar-refractivity contribution < 1.29 is 19.0 Å². The highest BCUT2D eigenvalue weighted by Gasteiger charge is 2.31. The number of imidazole rings is 1. The molecule has 0 spiro atoms. The molecule has 3 aliphatic rings. The third-order valence-electron chi connectivity index (χ3n) is 6.27. The number of hydrogen-bond donors (Lipinski definition) is 1. The molecule has 2 fully saturated rings. The van der Waals surface area contributed by atoms with Gasteiger partial charge in [0.1, 0.15) is 24.8 Å². The van der Waals surface area contributed by atoms with Gasteiger partial charge in [0, 0.05) is 30.5 Å². The van der Waals surface area contributed by atoms with Crippen LogP contribution < -0.4 is 19.5 Å². The molecule has 8 nitrogen and oxygen atoms in total. The predicted molar refractivity (Wildman–Crippen MR) is 113 cm³/mol. The monoisotopic (exact) mass is 420 g/mol. The summed E-state index contributed by atoms with van der Waals surface area (Å²) in [5.41, 5.74) is 3.47. The van der Waals surface area contributed by atoms with Crippen molar-refractivity contribution in [2.75, 3.05) is 19.8 Å². The Hall–Kier alpha value is -3.29. The maximum Gasteiger partial charge on any atom is 0.241 e. The summed E-state index contributed by atoms with van der Waals surface area (Å²) in [7, 11) is 0. The van der Waals surface area contributed by atoms with E-state index >= 15 is 0 Å². The summed E-state index contributed by atoms with van der Waals surface area (Å²) < 4.78 is 20.0. The molecule has 1 amide bonds. The lowest BCUT2D eigenvalue weighted by atomic mass is 10.0. The molecule has 2 aliphatic heterocycles. The van der Waals surface area contributed by atoms with Crippen LogP contribution in [0.2, 0.25) is 0 Å². The summed E-state index contributed by atoms with van der Waals surface area (Å²) in [5.74, 6) is 2.24. The standard InChI is InChI=1S/C23H24N4O4/c1-13(15-9-21(28)24-11-15)31-23-22-18(25-12-27(22)16-3-4-16)10-17(26-23)14-2-5-19-20(8-14)30-7-6-29-19/h2,5,8,10,12-13,15-16H,3-4,6-7,9,11H2,1H3,(H,24,28)/t13-,15-/m1/s1. The van der Waals surface area contributed by atoms with Gasteiger partial charge in [0.2, 0.25) is 11.8 Å². The molecule has 8 heteroatoms. The maximum atomic E-state index is 11.7. The molecule has 31 heavy (non-hydrogen) atoms. The van der Waals surface area contributed by atoms with Crippen LogP contribution >= 0.6 is 0 Å². The van der Waals surface area contributed by atoms with E-state index in [0.29, 0.717) is 38.1 Å². The van der Waals surface area contributed by atoms with Gasteiger partial charge in [0.05, 0.1) is 17.5 Å². The Bertz CT molecular complexity index is 1170. The highest BCUT2D eigenvalue weighted by Crippen LogP contribution is 2.41. The summed E-state index contributed by atoms with van der Waals surface area (Å²) >= 11 is 0. The fourth-order valence-corrected chi connectivity index (χ4v) is 4.32. The normalized spacial score (nSPS) is 21.2. The van der Waals surface area contributed by atoms with Crippen molar-refractivity contribution in [1.29, 1.82) is 0 Å². The minimum absolute atomic E-state index is 0.0756. The number of fused-ring (bicyclic) bond motifs is 2. The van der Waals surface area contributed by atoms with E-state index in [0.717, 1.165) is 46.6 Å². The minimum Gasteiger partial charge on any atom is -0.486 e. The first-order valence-corrected chi connectivity index (χ1v) is 10.9.